The third kappa shape index (κ3) is 2.17. The number of aryl methyl sites for hydroxylation is 1. The SMILES string of the molecule is Cc1cccc2c1C(=O)N[C@@H](CC(=O)O)C(=O)N2. The molecule has 2 amide bonds. The number of benzene rings is 1. The largest absolute Gasteiger partial charge is 0.481 e. The number of anilines is 1. The molecule has 1 aliphatic heterocycles. The molecule has 1 atom stereocenters. The first-order chi connectivity index (χ1) is 8.49. The molecule has 0 unspecified atom stereocenters. The van der Waals surface area contributed by atoms with Gasteiger partial charge in [-0.15, -0.1) is 0 Å². The van der Waals surface area contributed by atoms with E-state index in [1.165, 1.54) is 0 Å². The van der Waals surface area contributed by atoms with Gasteiger partial charge in [0, 0.05) is 0 Å². The Balaban J connectivity index is 2.38. The van der Waals surface area contributed by atoms with Gasteiger partial charge in [0.15, 0.2) is 0 Å². The molecule has 94 valence electrons. The van der Waals surface area contributed by atoms with E-state index < -0.39 is 30.2 Å². The fourth-order valence-electron chi connectivity index (χ4n) is 1.91. The van der Waals surface area contributed by atoms with Crippen LogP contribution >= 0.6 is 0 Å². The highest BCUT2D eigenvalue weighted by Gasteiger charge is 2.30. The van der Waals surface area contributed by atoms with Crippen molar-refractivity contribution in [1.82, 2.24) is 5.32 Å². The highest BCUT2D eigenvalue weighted by Crippen LogP contribution is 2.22. The number of amides is 2. The number of carbonyl (C=O) groups is 3. The van der Waals surface area contributed by atoms with Crippen molar-refractivity contribution in [3.8, 4) is 0 Å². The maximum absolute atomic E-state index is 12.0. The summed E-state index contributed by atoms with van der Waals surface area (Å²) >= 11 is 0. The van der Waals surface area contributed by atoms with E-state index in [-0.39, 0.29) is 0 Å². The summed E-state index contributed by atoms with van der Waals surface area (Å²) in [5.41, 5.74) is 1.51. The molecule has 0 spiro atoms. The van der Waals surface area contributed by atoms with Gasteiger partial charge in [-0.25, -0.2) is 0 Å². The summed E-state index contributed by atoms with van der Waals surface area (Å²) in [5, 5.41) is 13.7. The molecular weight excluding hydrogens is 236 g/mol. The molecule has 1 aliphatic rings. The van der Waals surface area contributed by atoms with Crippen molar-refractivity contribution in [2.75, 3.05) is 5.32 Å². The fourth-order valence-corrected chi connectivity index (χ4v) is 1.91. The Kier molecular flexibility index (Phi) is 3.01. The number of aliphatic carboxylic acids is 1. The Morgan fingerprint density at radius 1 is 1.39 bits per heavy atom. The lowest BCUT2D eigenvalue weighted by Gasteiger charge is -2.11. The minimum Gasteiger partial charge on any atom is -0.481 e. The summed E-state index contributed by atoms with van der Waals surface area (Å²) in [6, 6.07) is 4.03. The molecule has 1 heterocycles. The van der Waals surface area contributed by atoms with Crippen LogP contribution in [0.1, 0.15) is 22.3 Å². The monoisotopic (exact) mass is 248 g/mol. The molecule has 1 aromatic rings. The van der Waals surface area contributed by atoms with E-state index >= 15 is 0 Å². The summed E-state index contributed by atoms with van der Waals surface area (Å²) in [4.78, 5) is 34.4. The van der Waals surface area contributed by atoms with Crippen LogP contribution in [0.5, 0.6) is 0 Å². The molecule has 3 N–H and O–H groups in total. The minimum atomic E-state index is -1.14. The van der Waals surface area contributed by atoms with Gasteiger partial charge in [-0.1, -0.05) is 12.1 Å². The van der Waals surface area contributed by atoms with E-state index in [2.05, 4.69) is 10.6 Å². The van der Waals surface area contributed by atoms with E-state index in [4.69, 9.17) is 5.11 Å². The third-order valence-corrected chi connectivity index (χ3v) is 2.76. The third-order valence-electron chi connectivity index (χ3n) is 2.76. The molecule has 6 heteroatoms. The maximum Gasteiger partial charge on any atom is 0.305 e. The van der Waals surface area contributed by atoms with Crippen LogP contribution in [0.25, 0.3) is 0 Å². The first-order valence-electron chi connectivity index (χ1n) is 5.42. The van der Waals surface area contributed by atoms with Crippen LogP contribution in [0.4, 0.5) is 5.69 Å². The normalized spacial score (nSPS) is 18.4. The zero-order chi connectivity index (χ0) is 13.3. The van der Waals surface area contributed by atoms with Gasteiger partial charge in [0.1, 0.15) is 6.04 Å². The summed E-state index contributed by atoms with van der Waals surface area (Å²) in [6.45, 7) is 1.75. The number of nitrogens with one attached hydrogen (secondary N) is 2. The lowest BCUT2D eigenvalue weighted by atomic mass is 10.1. The predicted octanol–water partition coefficient (Wildman–Crippen LogP) is 0.520. The topological polar surface area (TPSA) is 95.5 Å². The number of carboxylic acids is 1. The maximum atomic E-state index is 12.0. The number of rotatable bonds is 2. The number of hydrogen-bond acceptors (Lipinski definition) is 3. The molecule has 0 saturated heterocycles. The predicted molar refractivity (Wildman–Crippen MR) is 63.3 cm³/mol. The Labute approximate surface area is 103 Å². The average molecular weight is 248 g/mol. The second-order valence-corrected chi connectivity index (χ2v) is 4.11. The molecule has 0 radical (unpaired) electrons. The van der Waals surface area contributed by atoms with E-state index in [9.17, 15) is 14.4 Å². The molecule has 6 nitrogen and oxygen atoms in total. The number of hydrogen-bond donors (Lipinski definition) is 3. The fraction of sp³-hybridized carbons (Fsp3) is 0.250. The second kappa shape index (κ2) is 4.48. The van der Waals surface area contributed by atoms with Crippen LogP contribution in [0, 0.1) is 6.92 Å². The summed E-state index contributed by atoms with van der Waals surface area (Å²) in [6.07, 6.45) is -0.440. The standard InChI is InChI=1S/C12H12N2O4/c1-6-3-2-4-7-10(6)12(18)14-8(5-9(15)16)11(17)13-7/h2-4,8H,5H2,1H3,(H,13,17)(H,14,18)(H,15,16)/t8-/m0/s1. The van der Waals surface area contributed by atoms with Crippen molar-refractivity contribution in [2.45, 2.75) is 19.4 Å². The van der Waals surface area contributed by atoms with Gasteiger partial charge in [0.25, 0.3) is 5.91 Å². The van der Waals surface area contributed by atoms with Crippen LogP contribution in [0.15, 0.2) is 18.2 Å². The van der Waals surface area contributed by atoms with Crippen molar-refractivity contribution >= 4 is 23.5 Å². The molecule has 0 bridgehead atoms. The molecule has 0 saturated carbocycles. The molecule has 1 aromatic carbocycles. The van der Waals surface area contributed by atoms with Gasteiger partial charge in [-0.05, 0) is 18.6 Å². The van der Waals surface area contributed by atoms with Gasteiger partial charge in [0.2, 0.25) is 5.91 Å². The van der Waals surface area contributed by atoms with Gasteiger partial charge >= 0.3 is 5.97 Å². The van der Waals surface area contributed by atoms with Gasteiger partial charge in [0.05, 0.1) is 17.7 Å². The van der Waals surface area contributed by atoms with Crippen molar-refractivity contribution in [1.29, 1.82) is 0 Å². The van der Waals surface area contributed by atoms with Crippen LogP contribution in [0.2, 0.25) is 0 Å². The van der Waals surface area contributed by atoms with Crippen molar-refractivity contribution in [2.24, 2.45) is 0 Å². The van der Waals surface area contributed by atoms with E-state index in [1.54, 1.807) is 25.1 Å². The van der Waals surface area contributed by atoms with Crippen molar-refractivity contribution < 1.29 is 19.5 Å². The Morgan fingerprint density at radius 2 is 2.11 bits per heavy atom. The average Bonchev–Trinajstić information content (AvgIpc) is 2.37. The zero-order valence-corrected chi connectivity index (χ0v) is 9.69. The summed E-state index contributed by atoms with van der Waals surface area (Å²) in [5.74, 6) is -2.10. The zero-order valence-electron chi connectivity index (χ0n) is 9.69. The Hall–Kier alpha value is -2.37. The molecule has 2 rings (SSSR count). The Morgan fingerprint density at radius 3 is 2.78 bits per heavy atom. The van der Waals surface area contributed by atoms with Crippen molar-refractivity contribution in [3.05, 3.63) is 29.3 Å². The van der Waals surface area contributed by atoms with E-state index in [0.29, 0.717) is 11.3 Å². The van der Waals surface area contributed by atoms with Gasteiger partial charge in [-0.2, -0.15) is 0 Å². The minimum absolute atomic E-state index is 0.374. The molecule has 18 heavy (non-hydrogen) atoms. The first kappa shape index (κ1) is 12.1. The summed E-state index contributed by atoms with van der Waals surface area (Å²) < 4.78 is 0. The Bertz CT molecular complexity index is 539. The van der Waals surface area contributed by atoms with Crippen LogP contribution in [0.3, 0.4) is 0 Å². The smallest absolute Gasteiger partial charge is 0.305 e. The molecule has 0 aliphatic carbocycles. The first-order valence-corrected chi connectivity index (χ1v) is 5.42. The van der Waals surface area contributed by atoms with E-state index in [1.807, 2.05) is 0 Å². The van der Waals surface area contributed by atoms with Gasteiger partial charge in [-0.3, -0.25) is 14.4 Å². The van der Waals surface area contributed by atoms with Crippen LogP contribution < -0.4 is 10.6 Å². The van der Waals surface area contributed by atoms with Crippen LogP contribution in [-0.4, -0.2) is 28.9 Å². The lowest BCUT2D eigenvalue weighted by Crippen LogP contribution is -2.42. The number of carboxylic acid groups (broad SMARTS) is 1. The lowest BCUT2D eigenvalue weighted by molar-refractivity contribution is -0.139. The molecule has 0 fully saturated rings. The highest BCUT2D eigenvalue weighted by atomic mass is 16.4. The van der Waals surface area contributed by atoms with Crippen molar-refractivity contribution in [3.63, 3.8) is 0 Å². The van der Waals surface area contributed by atoms with E-state index in [0.717, 1.165) is 5.56 Å². The molecular formula is C12H12N2O4. The molecule has 0 aromatic heterocycles. The quantitative estimate of drug-likeness (QED) is 0.711. The van der Waals surface area contributed by atoms with Crippen LogP contribution in [-0.2, 0) is 9.59 Å². The summed E-state index contributed by atoms with van der Waals surface area (Å²) in [7, 11) is 0. The number of fused-ring (bicyclic) bond motifs is 1. The second-order valence-electron chi connectivity index (χ2n) is 4.11. The highest BCUT2D eigenvalue weighted by molar-refractivity contribution is 6.11. The van der Waals surface area contributed by atoms with Gasteiger partial charge < -0.3 is 15.7 Å². The number of carbonyl (C=O) groups excluding carboxylic acids is 2.